The molecule has 28 heavy (non-hydrogen) atoms. The van der Waals surface area contributed by atoms with Gasteiger partial charge in [-0.3, -0.25) is 9.59 Å². The molecule has 1 aliphatic rings. The van der Waals surface area contributed by atoms with E-state index in [0.717, 1.165) is 10.3 Å². The molecule has 2 unspecified atom stereocenters. The van der Waals surface area contributed by atoms with Crippen LogP contribution in [0.15, 0.2) is 53.3 Å². The Morgan fingerprint density at radius 1 is 1.25 bits per heavy atom. The number of carbonyl (C=O) groups excluding carboxylic acids is 2. The van der Waals surface area contributed by atoms with Crippen LogP contribution in [0.5, 0.6) is 0 Å². The number of halogens is 1. The maximum absolute atomic E-state index is 13.2. The fourth-order valence-electron chi connectivity index (χ4n) is 2.82. The Labute approximate surface area is 165 Å². The van der Waals surface area contributed by atoms with Crippen LogP contribution in [-0.2, 0) is 24.2 Å². The molecule has 0 spiro atoms. The standard InChI is InChI=1S/C19H18FNO5S2/c20-15-5-3-14(4-6-15)19(16-2-1-8-27-16)21-17(22)11-26-18(23)10-13-7-9-28(24,25)12-13/h1-9,13,19H,10-12H2,(H,21,22). The zero-order valence-corrected chi connectivity index (χ0v) is 16.3. The van der Waals surface area contributed by atoms with Gasteiger partial charge in [0.1, 0.15) is 5.82 Å². The number of nitrogens with one attached hydrogen (secondary N) is 1. The second-order valence-electron chi connectivity index (χ2n) is 6.35. The van der Waals surface area contributed by atoms with Gasteiger partial charge in [0.05, 0.1) is 18.2 Å². The van der Waals surface area contributed by atoms with Crippen molar-refractivity contribution in [3.05, 3.63) is 69.5 Å². The van der Waals surface area contributed by atoms with Crippen molar-refractivity contribution in [1.29, 1.82) is 0 Å². The third kappa shape index (κ3) is 5.49. The highest BCUT2D eigenvalue weighted by atomic mass is 32.2. The van der Waals surface area contributed by atoms with Crippen LogP contribution in [0.3, 0.4) is 0 Å². The van der Waals surface area contributed by atoms with E-state index in [1.54, 1.807) is 12.1 Å². The van der Waals surface area contributed by atoms with Crippen molar-refractivity contribution < 1.29 is 27.1 Å². The first-order valence-corrected chi connectivity index (χ1v) is 11.1. The molecule has 0 radical (unpaired) electrons. The van der Waals surface area contributed by atoms with E-state index in [2.05, 4.69) is 5.32 Å². The molecule has 0 saturated heterocycles. The largest absolute Gasteiger partial charge is 0.456 e. The van der Waals surface area contributed by atoms with E-state index < -0.39 is 40.3 Å². The maximum atomic E-state index is 13.2. The van der Waals surface area contributed by atoms with Gasteiger partial charge in [0.15, 0.2) is 16.4 Å². The molecule has 148 valence electrons. The summed E-state index contributed by atoms with van der Waals surface area (Å²) in [4.78, 5) is 25.0. The summed E-state index contributed by atoms with van der Waals surface area (Å²) in [7, 11) is -3.24. The lowest BCUT2D eigenvalue weighted by Gasteiger charge is -2.18. The highest BCUT2D eigenvalue weighted by molar-refractivity contribution is 7.94. The maximum Gasteiger partial charge on any atom is 0.306 e. The predicted molar refractivity (Wildman–Crippen MR) is 103 cm³/mol. The molecule has 1 aliphatic heterocycles. The van der Waals surface area contributed by atoms with Crippen LogP contribution < -0.4 is 5.32 Å². The molecule has 0 saturated carbocycles. The summed E-state index contributed by atoms with van der Waals surface area (Å²) in [5, 5.41) is 5.73. The zero-order valence-electron chi connectivity index (χ0n) is 14.7. The molecular formula is C19H18FNO5S2. The first-order chi connectivity index (χ1) is 13.3. The van der Waals surface area contributed by atoms with Gasteiger partial charge in [-0.2, -0.15) is 0 Å². The molecule has 0 bridgehead atoms. The topological polar surface area (TPSA) is 89.5 Å². The van der Waals surface area contributed by atoms with E-state index >= 15 is 0 Å². The first-order valence-electron chi connectivity index (χ1n) is 8.47. The van der Waals surface area contributed by atoms with Crippen LogP contribution in [0.4, 0.5) is 4.39 Å². The smallest absolute Gasteiger partial charge is 0.306 e. The fourth-order valence-corrected chi connectivity index (χ4v) is 5.02. The fraction of sp³-hybridized carbons (Fsp3) is 0.263. The Morgan fingerprint density at radius 2 is 2.00 bits per heavy atom. The Kier molecular flexibility index (Phi) is 6.25. The number of hydrogen-bond acceptors (Lipinski definition) is 6. The molecule has 1 aromatic heterocycles. The van der Waals surface area contributed by atoms with Crippen molar-refractivity contribution in [2.24, 2.45) is 5.92 Å². The van der Waals surface area contributed by atoms with Crippen molar-refractivity contribution in [2.75, 3.05) is 12.4 Å². The Bertz CT molecular complexity index is 968. The van der Waals surface area contributed by atoms with E-state index in [0.29, 0.717) is 5.56 Å². The quantitative estimate of drug-likeness (QED) is 0.692. The average Bonchev–Trinajstić information content (AvgIpc) is 3.28. The van der Waals surface area contributed by atoms with Crippen molar-refractivity contribution >= 4 is 33.1 Å². The monoisotopic (exact) mass is 423 g/mol. The Balaban J connectivity index is 1.56. The van der Waals surface area contributed by atoms with Gasteiger partial charge in [-0.15, -0.1) is 11.3 Å². The lowest BCUT2D eigenvalue weighted by atomic mass is 10.1. The number of allylic oxidation sites excluding steroid dienone is 1. The predicted octanol–water partition coefficient (Wildman–Crippen LogP) is 2.58. The van der Waals surface area contributed by atoms with Crippen LogP contribution in [-0.4, -0.2) is 32.7 Å². The van der Waals surface area contributed by atoms with Gasteiger partial charge in [0.25, 0.3) is 5.91 Å². The SMILES string of the molecule is O=C(COC(=O)CC1C=CS(=O)(=O)C1)NC(c1ccc(F)cc1)c1cccs1. The number of esters is 1. The summed E-state index contributed by atoms with van der Waals surface area (Å²) in [5.74, 6) is -2.09. The highest BCUT2D eigenvalue weighted by Crippen LogP contribution is 2.26. The molecule has 2 heterocycles. The third-order valence-electron chi connectivity index (χ3n) is 4.13. The van der Waals surface area contributed by atoms with Crippen molar-refractivity contribution in [3.63, 3.8) is 0 Å². The molecule has 2 atom stereocenters. The molecule has 0 fully saturated rings. The number of ether oxygens (including phenoxy) is 1. The Morgan fingerprint density at radius 3 is 2.61 bits per heavy atom. The Hall–Kier alpha value is -2.52. The minimum Gasteiger partial charge on any atom is -0.456 e. The van der Waals surface area contributed by atoms with E-state index in [4.69, 9.17) is 4.74 Å². The second-order valence-corrected chi connectivity index (χ2v) is 9.26. The number of amides is 1. The summed E-state index contributed by atoms with van der Waals surface area (Å²) in [5.41, 5.74) is 0.699. The van der Waals surface area contributed by atoms with Crippen LogP contribution in [0, 0.1) is 11.7 Å². The van der Waals surface area contributed by atoms with Gasteiger partial charge in [-0.1, -0.05) is 24.3 Å². The molecule has 6 nitrogen and oxygen atoms in total. The summed E-state index contributed by atoms with van der Waals surface area (Å²) < 4.78 is 40.9. The van der Waals surface area contributed by atoms with Gasteiger partial charge in [0, 0.05) is 16.2 Å². The normalized spacial score (nSPS) is 18.5. The van der Waals surface area contributed by atoms with E-state index in [1.165, 1.54) is 29.5 Å². The van der Waals surface area contributed by atoms with Crippen molar-refractivity contribution in [1.82, 2.24) is 5.32 Å². The number of carbonyl (C=O) groups is 2. The zero-order chi connectivity index (χ0) is 20.1. The van der Waals surface area contributed by atoms with Crippen LogP contribution in [0.1, 0.15) is 22.9 Å². The minimum absolute atomic E-state index is 0.102. The second kappa shape index (κ2) is 8.66. The van der Waals surface area contributed by atoms with E-state index in [9.17, 15) is 22.4 Å². The van der Waals surface area contributed by atoms with Crippen LogP contribution >= 0.6 is 11.3 Å². The molecular weight excluding hydrogens is 405 g/mol. The number of thiophene rings is 1. The van der Waals surface area contributed by atoms with Gasteiger partial charge in [-0.05, 0) is 29.1 Å². The van der Waals surface area contributed by atoms with Crippen LogP contribution in [0.2, 0.25) is 0 Å². The number of sulfone groups is 1. The van der Waals surface area contributed by atoms with Crippen molar-refractivity contribution in [2.45, 2.75) is 12.5 Å². The summed E-state index contributed by atoms with van der Waals surface area (Å²) in [6, 6.07) is 8.98. The molecule has 2 aromatic rings. The molecule has 1 aromatic carbocycles. The molecule has 1 amide bonds. The van der Waals surface area contributed by atoms with E-state index in [1.807, 2.05) is 17.5 Å². The van der Waals surface area contributed by atoms with Gasteiger partial charge < -0.3 is 10.1 Å². The molecule has 3 rings (SSSR count). The van der Waals surface area contributed by atoms with Gasteiger partial charge >= 0.3 is 5.97 Å². The van der Waals surface area contributed by atoms with Gasteiger partial charge in [0.2, 0.25) is 0 Å². The lowest BCUT2D eigenvalue weighted by Crippen LogP contribution is -2.33. The average molecular weight is 423 g/mol. The minimum atomic E-state index is -3.24. The highest BCUT2D eigenvalue weighted by Gasteiger charge is 2.25. The van der Waals surface area contributed by atoms with Gasteiger partial charge in [-0.25, -0.2) is 12.8 Å². The number of hydrogen-bond donors (Lipinski definition) is 1. The molecule has 9 heteroatoms. The van der Waals surface area contributed by atoms with Crippen molar-refractivity contribution in [3.8, 4) is 0 Å². The first kappa shape index (κ1) is 20.2. The summed E-state index contributed by atoms with van der Waals surface area (Å²) in [6.45, 7) is -0.481. The van der Waals surface area contributed by atoms with E-state index in [-0.39, 0.29) is 18.0 Å². The number of benzene rings is 1. The summed E-state index contributed by atoms with van der Waals surface area (Å²) >= 11 is 1.44. The van der Waals surface area contributed by atoms with Crippen LogP contribution in [0.25, 0.3) is 0 Å². The third-order valence-corrected chi connectivity index (χ3v) is 6.54. The number of rotatable bonds is 7. The lowest BCUT2D eigenvalue weighted by molar-refractivity contribution is -0.149. The summed E-state index contributed by atoms with van der Waals surface area (Å²) in [6.07, 6.45) is 1.35. The molecule has 0 aliphatic carbocycles. The molecule has 1 N–H and O–H groups in total.